The average Bonchev–Trinajstić information content (AvgIpc) is 2.80. The molecule has 0 aromatic heterocycles. The van der Waals surface area contributed by atoms with E-state index in [0.29, 0.717) is 22.3 Å². The van der Waals surface area contributed by atoms with Crippen molar-refractivity contribution in [2.45, 2.75) is 13.8 Å². The van der Waals surface area contributed by atoms with E-state index < -0.39 is 17.8 Å². The first-order valence-corrected chi connectivity index (χ1v) is 10.1. The van der Waals surface area contributed by atoms with E-state index in [-0.39, 0.29) is 34.9 Å². The van der Waals surface area contributed by atoms with Gasteiger partial charge in [-0.05, 0) is 60.9 Å². The molecule has 0 aliphatic rings. The van der Waals surface area contributed by atoms with Gasteiger partial charge in [-0.3, -0.25) is 4.79 Å². The summed E-state index contributed by atoms with van der Waals surface area (Å²) in [4.78, 5) is 34.5. The van der Waals surface area contributed by atoms with Gasteiger partial charge >= 0.3 is 11.9 Å². The number of benzene rings is 3. The number of carbonyl (C=O) groups is 3. The third-order valence-corrected chi connectivity index (χ3v) is 4.68. The maximum absolute atomic E-state index is 15.1. The van der Waals surface area contributed by atoms with Gasteiger partial charge in [0.15, 0.2) is 11.5 Å². The quantitative estimate of drug-likeness (QED) is 0.187. The standard InChI is InChI=1S/C27H21FO6/c1-16(2)26(30)33-21-7-5-6-20(12-21)22-10-8-18(13-23(22)28)19-9-11-24(32-15-29)25(14-19)34-27(31)17(3)4/h5-15H,1,3H2,2,4H3. The maximum atomic E-state index is 15.1. The summed E-state index contributed by atoms with van der Waals surface area (Å²) in [5.74, 6) is -1.49. The molecule has 0 unspecified atom stereocenters. The molecule has 0 aliphatic carbocycles. The van der Waals surface area contributed by atoms with Crippen LogP contribution in [0.25, 0.3) is 22.3 Å². The van der Waals surface area contributed by atoms with Crippen LogP contribution in [0.4, 0.5) is 4.39 Å². The molecule has 0 atom stereocenters. The van der Waals surface area contributed by atoms with Crippen molar-refractivity contribution in [3.63, 3.8) is 0 Å². The topological polar surface area (TPSA) is 78.9 Å². The van der Waals surface area contributed by atoms with Crippen LogP contribution in [0.15, 0.2) is 85.0 Å². The summed E-state index contributed by atoms with van der Waals surface area (Å²) in [7, 11) is 0. The zero-order chi connectivity index (χ0) is 24.8. The lowest BCUT2D eigenvalue weighted by Gasteiger charge is -2.12. The number of hydrogen-bond acceptors (Lipinski definition) is 6. The molecule has 172 valence electrons. The molecular weight excluding hydrogens is 439 g/mol. The molecule has 0 N–H and O–H groups in total. The van der Waals surface area contributed by atoms with Crippen LogP contribution in [-0.2, 0) is 14.4 Å². The number of esters is 2. The molecule has 3 aromatic carbocycles. The third kappa shape index (κ3) is 5.63. The summed E-state index contributed by atoms with van der Waals surface area (Å²) < 4.78 is 30.4. The maximum Gasteiger partial charge on any atom is 0.338 e. The third-order valence-electron chi connectivity index (χ3n) is 4.68. The van der Waals surface area contributed by atoms with Gasteiger partial charge in [0.05, 0.1) is 0 Å². The summed E-state index contributed by atoms with van der Waals surface area (Å²) in [5, 5.41) is 0. The SMILES string of the molecule is C=C(C)C(=O)Oc1cccc(-c2ccc(-c3ccc(OC=O)c(OC(=O)C(=C)C)c3)cc2F)c1. The zero-order valence-electron chi connectivity index (χ0n) is 18.6. The van der Waals surface area contributed by atoms with Crippen molar-refractivity contribution in [3.05, 3.63) is 90.8 Å². The minimum absolute atomic E-state index is 0.00545. The summed E-state index contributed by atoms with van der Waals surface area (Å²) >= 11 is 0. The highest BCUT2D eigenvalue weighted by atomic mass is 19.1. The molecule has 0 saturated carbocycles. The van der Waals surface area contributed by atoms with E-state index in [0.717, 1.165) is 0 Å². The molecular formula is C27H21FO6. The first kappa shape index (κ1) is 24.1. The van der Waals surface area contributed by atoms with E-state index in [1.165, 1.54) is 32.0 Å². The lowest BCUT2D eigenvalue weighted by atomic mass is 9.99. The van der Waals surface area contributed by atoms with Crippen LogP contribution < -0.4 is 14.2 Å². The first-order chi connectivity index (χ1) is 16.2. The van der Waals surface area contributed by atoms with Crippen LogP contribution >= 0.6 is 0 Å². The Bertz CT molecular complexity index is 1310. The van der Waals surface area contributed by atoms with Crippen LogP contribution in [0, 0.1) is 5.82 Å². The van der Waals surface area contributed by atoms with Crippen LogP contribution in [0.3, 0.4) is 0 Å². The molecule has 7 heteroatoms. The Morgan fingerprint density at radius 2 is 1.44 bits per heavy atom. The Kier molecular flexibility index (Phi) is 7.38. The van der Waals surface area contributed by atoms with Crippen molar-refractivity contribution < 1.29 is 33.0 Å². The number of ether oxygens (including phenoxy) is 3. The monoisotopic (exact) mass is 460 g/mol. The average molecular weight is 460 g/mol. The van der Waals surface area contributed by atoms with Gasteiger partial charge in [-0.25, -0.2) is 14.0 Å². The highest BCUT2D eigenvalue weighted by molar-refractivity contribution is 5.90. The minimum atomic E-state index is -0.693. The predicted molar refractivity (Wildman–Crippen MR) is 125 cm³/mol. The summed E-state index contributed by atoms with van der Waals surface area (Å²) in [6.07, 6.45) is 0. The summed E-state index contributed by atoms with van der Waals surface area (Å²) in [6.45, 7) is 10.3. The van der Waals surface area contributed by atoms with Gasteiger partial charge in [-0.15, -0.1) is 0 Å². The molecule has 0 radical (unpaired) electrons. The second-order valence-electron chi connectivity index (χ2n) is 7.44. The number of carbonyl (C=O) groups excluding carboxylic acids is 3. The minimum Gasteiger partial charge on any atom is -0.425 e. The van der Waals surface area contributed by atoms with Gasteiger partial charge < -0.3 is 14.2 Å². The van der Waals surface area contributed by atoms with Gasteiger partial charge in [-0.1, -0.05) is 43.5 Å². The summed E-state index contributed by atoms with van der Waals surface area (Å²) in [6, 6.07) is 15.6. The fraction of sp³-hybridized carbons (Fsp3) is 0.0741. The van der Waals surface area contributed by atoms with Gasteiger partial charge in [0, 0.05) is 16.7 Å². The Labute approximate surface area is 195 Å². The van der Waals surface area contributed by atoms with E-state index in [4.69, 9.17) is 14.2 Å². The molecule has 6 nitrogen and oxygen atoms in total. The highest BCUT2D eigenvalue weighted by Crippen LogP contribution is 2.35. The lowest BCUT2D eigenvalue weighted by Crippen LogP contribution is -2.09. The molecule has 34 heavy (non-hydrogen) atoms. The number of halogens is 1. The van der Waals surface area contributed by atoms with Gasteiger partial charge in [0.1, 0.15) is 11.6 Å². The van der Waals surface area contributed by atoms with Crippen LogP contribution in [0.5, 0.6) is 17.2 Å². The lowest BCUT2D eigenvalue weighted by molar-refractivity contribution is -0.131. The van der Waals surface area contributed by atoms with Crippen molar-refractivity contribution in [3.8, 4) is 39.5 Å². The fourth-order valence-electron chi connectivity index (χ4n) is 2.95. The van der Waals surface area contributed by atoms with Gasteiger partial charge in [0.2, 0.25) is 0 Å². The molecule has 0 fully saturated rings. The van der Waals surface area contributed by atoms with Crippen molar-refractivity contribution in [2.75, 3.05) is 0 Å². The van der Waals surface area contributed by atoms with E-state index in [1.54, 1.807) is 42.5 Å². The van der Waals surface area contributed by atoms with Gasteiger partial charge in [-0.2, -0.15) is 0 Å². The van der Waals surface area contributed by atoms with Crippen molar-refractivity contribution in [1.29, 1.82) is 0 Å². The fourth-order valence-corrected chi connectivity index (χ4v) is 2.95. The van der Waals surface area contributed by atoms with Crippen LogP contribution in [0.1, 0.15) is 13.8 Å². The molecule has 0 aliphatic heterocycles. The second kappa shape index (κ2) is 10.4. The van der Waals surface area contributed by atoms with Crippen molar-refractivity contribution >= 4 is 18.4 Å². The molecule has 3 rings (SSSR count). The Balaban J connectivity index is 1.94. The predicted octanol–water partition coefficient (Wildman–Crippen LogP) is 5.66. The summed E-state index contributed by atoms with van der Waals surface area (Å²) in [5.41, 5.74) is 2.25. The Morgan fingerprint density at radius 1 is 0.794 bits per heavy atom. The van der Waals surface area contributed by atoms with E-state index in [2.05, 4.69) is 13.2 Å². The number of hydrogen-bond donors (Lipinski definition) is 0. The smallest absolute Gasteiger partial charge is 0.338 e. The first-order valence-electron chi connectivity index (χ1n) is 10.1. The number of rotatable bonds is 8. The molecule has 3 aromatic rings. The Morgan fingerprint density at radius 3 is 2.09 bits per heavy atom. The molecule has 0 amide bonds. The van der Waals surface area contributed by atoms with Crippen molar-refractivity contribution in [1.82, 2.24) is 0 Å². The van der Waals surface area contributed by atoms with Crippen LogP contribution in [-0.4, -0.2) is 18.4 Å². The zero-order valence-corrected chi connectivity index (χ0v) is 18.6. The normalized spacial score (nSPS) is 10.2. The Hall–Kier alpha value is -4.52. The highest BCUT2D eigenvalue weighted by Gasteiger charge is 2.15. The molecule has 0 bridgehead atoms. The molecule has 0 spiro atoms. The molecule has 0 saturated heterocycles. The largest absolute Gasteiger partial charge is 0.425 e. The second-order valence-corrected chi connectivity index (χ2v) is 7.44. The van der Waals surface area contributed by atoms with Crippen molar-refractivity contribution in [2.24, 2.45) is 0 Å². The van der Waals surface area contributed by atoms with E-state index in [9.17, 15) is 14.4 Å². The van der Waals surface area contributed by atoms with Gasteiger partial charge in [0.25, 0.3) is 6.47 Å². The van der Waals surface area contributed by atoms with E-state index in [1.807, 2.05) is 0 Å². The van der Waals surface area contributed by atoms with E-state index >= 15 is 4.39 Å². The molecule has 0 heterocycles. The van der Waals surface area contributed by atoms with Crippen LogP contribution in [0.2, 0.25) is 0 Å².